The van der Waals surface area contributed by atoms with Crippen molar-refractivity contribution in [3.05, 3.63) is 53.6 Å². The lowest BCUT2D eigenvalue weighted by atomic mass is 10.2. The molecule has 2 rings (SSSR count). The van der Waals surface area contributed by atoms with Gasteiger partial charge in [0, 0.05) is 19.6 Å². The van der Waals surface area contributed by atoms with Gasteiger partial charge in [-0.3, -0.25) is 0 Å². The summed E-state index contributed by atoms with van der Waals surface area (Å²) < 4.78 is 6.52. The van der Waals surface area contributed by atoms with Crippen LogP contribution >= 0.6 is 0 Å². The largest absolute Gasteiger partial charge is 0.464 e. The molecule has 100 valence electrons. The summed E-state index contributed by atoms with van der Waals surface area (Å²) in [6.45, 7) is 0.496. The maximum absolute atomic E-state index is 11.8. The molecule has 0 aliphatic rings. The van der Waals surface area contributed by atoms with E-state index in [9.17, 15) is 4.79 Å². The number of rotatable bonds is 5. The van der Waals surface area contributed by atoms with Crippen LogP contribution in [-0.4, -0.2) is 34.3 Å². The van der Waals surface area contributed by atoms with Gasteiger partial charge in [0.25, 0.3) is 0 Å². The number of benzene rings is 1. The Morgan fingerprint density at radius 3 is 2.74 bits per heavy atom. The normalized spacial score (nSPS) is 10.4. The van der Waals surface area contributed by atoms with Crippen molar-refractivity contribution in [2.75, 3.05) is 13.7 Å². The molecule has 0 radical (unpaired) electrons. The monoisotopic (exact) mass is 260 g/mol. The van der Waals surface area contributed by atoms with E-state index in [0.717, 1.165) is 5.56 Å². The zero-order valence-corrected chi connectivity index (χ0v) is 10.7. The lowest BCUT2D eigenvalue weighted by molar-refractivity contribution is 0.0587. The number of aliphatic hydroxyl groups excluding tert-OH is 1. The number of ether oxygens (including phenoxy) is 1. The van der Waals surface area contributed by atoms with Crippen LogP contribution in [0.15, 0.2) is 36.7 Å². The van der Waals surface area contributed by atoms with Gasteiger partial charge in [0.1, 0.15) is 0 Å². The van der Waals surface area contributed by atoms with E-state index in [-0.39, 0.29) is 6.61 Å². The highest BCUT2D eigenvalue weighted by Crippen LogP contribution is 2.12. The molecule has 0 bridgehead atoms. The van der Waals surface area contributed by atoms with Crippen LogP contribution in [0.3, 0.4) is 0 Å². The summed E-state index contributed by atoms with van der Waals surface area (Å²) in [7, 11) is 1.34. The van der Waals surface area contributed by atoms with Gasteiger partial charge in [-0.25, -0.2) is 9.78 Å². The Bertz CT molecular complexity index is 549. The molecular weight excluding hydrogens is 244 g/mol. The summed E-state index contributed by atoms with van der Waals surface area (Å²) >= 11 is 0. The Hall–Kier alpha value is -2.14. The van der Waals surface area contributed by atoms with Crippen molar-refractivity contribution in [1.82, 2.24) is 9.55 Å². The van der Waals surface area contributed by atoms with Crippen LogP contribution < -0.4 is 0 Å². The molecule has 1 N–H and O–H groups in total. The van der Waals surface area contributed by atoms with E-state index >= 15 is 0 Å². The number of nitrogens with zero attached hydrogens (tertiary/aromatic N) is 2. The predicted octanol–water partition coefficient (Wildman–Crippen LogP) is 1.25. The third-order valence-corrected chi connectivity index (χ3v) is 2.84. The van der Waals surface area contributed by atoms with Crippen LogP contribution in [0.4, 0.5) is 0 Å². The summed E-state index contributed by atoms with van der Waals surface area (Å²) in [5.41, 5.74) is 2.03. The maximum atomic E-state index is 11.8. The molecule has 0 saturated heterocycles. The SMILES string of the molecule is COC(=O)c1c(CCO)ncn1Cc1ccccc1. The number of imidazole rings is 1. The summed E-state index contributed by atoms with van der Waals surface area (Å²) in [5, 5.41) is 9.00. The third-order valence-electron chi connectivity index (χ3n) is 2.84. The van der Waals surface area contributed by atoms with Gasteiger partial charge < -0.3 is 14.4 Å². The van der Waals surface area contributed by atoms with Gasteiger partial charge >= 0.3 is 5.97 Å². The molecule has 1 aromatic carbocycles. The van der Waals surface area contributed by atoms with Gasteiger partial charge in [-0.2, -0.15) is 0 Å². The van der Waals surface area contributed by atoms with Crippen molar-refractivity contribution >= 4 is 5.97 Å². The predicted molar refractivity (Wildman–Crippen MR) is 69.9 cm³/mol. The van der Waals surface area contributed by atoms with Crippen molar-refractivity contribution in [3.63, 3.8) is 0 Å². The second kappa shape index (κ2) is 6.15. The zero-order valence-electron chi connectivity index (χ0n) is 10.7. The summed E-state index contributed by atoms with van der Waals surface area (Å²) in [5.74, 6) is -0.433. The highest BCUT2D eigenvalue weighted by Gasteiger charge is 2.18. The van der Waals surface area contributed by atoms with E-state index in [0.29, 0.717) is 24.4 Å². The average Bonchev–Trinajstić information content (AvgIpc) is 2.82. The summed E-state index contributed by atoms with van der Waals surface area (Å²) in [4.78, 5) is 16.0. The lowest BCUT2D eigenvalue weighted by Gasteiger charge is -2.08. The molecule has 2 aromatic rings. The molecule has 5 heteroatoms. The Morgan fingerprint density at radius 2 is 2.11 bits per heavy atom. The number of carbonyl (C=O) groups excluding carboxylic acids is 1. The first-order valence-electron chi connectivity index (χ1n) is 6.03. The second-order valence-corrected chi connectivity index (χ2v) is 4.12. The molecule has 5 nitrogen and oxygen atoms in total. The molecule has 0 spiro atoms. The third kappa shape index (κ3) is 3.00. The minimum atomic E-state index is -0.433. The van der Waals surface area contributed by atoms with Gasteiger partial charge in [0.2, 0.25) is 0 Å². The number of aliphatic hydroxyl groups is 1. The van der Waals surface area contributed by atoms with Gasteiger partial charge in [-0.15, -0.1) is 0 Å². The van der Waals surface area contributed by atoms with Crippen LogP contribution in [0, 0.1) is 0 Å². The molecule has 0 unspecified atom stereocenters. The van der Waals surface area contributed by atoms with E-state index in [2.05, 4.69) is 4.98 Å². The van der Waals surface area contributed by atoms with Crippen LogP contribution in [0.1, 0.15) is 21.7 Å². The van der Waals surface area contributed by atoms with Crippen LogP contribution in [0.25, 0.3) is 0 Å². The first-order chi connectivity index (χ1) is 9.26. The minimum Gasteiger partial charge on any atom is -0.464 e. The van der Waals surface area contributed by atoms with Crippen molar-refractivity contribution in [2.24, 2.45) is 0 Å². The smallest absolute Gasteiger partial charge is 0.356 e. The number of esters is 1. The highest BCUT2D eigenvalue weighted by molar-refractivity contribution is 5.88. The van der Waals surface area contributed by atoms with E-state index in [1.807, 2.05) is 30.3 Å². The van der Waals surface area contributed by atoms with Crippen molar-refractivity contribution in [2.45, 2.75) is 13.0 Å². The quantitative estimate of drug-likeness (QED) is 0.822. The number of hydrogen-bond donors (Lipinski definition) is 1. The molecule has 0 aliphatic carbocycles. The number of methoxy groups -OCH3 is 1. The standard InChI is InChI=1S/C14H16N2O3/c1-19-14(18)13-12(7-8-17)15-10-16(13)9-11-5-3-2-4-6-11/h2-6,10,17H,7-9H2,1H3. The molecular formula is C14H16N2O3. The molecule has 0 saturated carbocycles. The molecule has 1 heterocycles. The molecule has 0 fully saturated rings. The molecule has 0 atom stereocenters. The second-order valence-electron chi connectivity index (χ2n) is 4.12. The first-order valence-corrected chi connectivity index (χ1v) is 6.03. The van der Waals surface area contributed by atoms with E-state index in [1.54, 1.807) is 10.9 Å². The Kier molecular flexibility index (Phi) is 4.30. The van der Waals surface area contributed by atoms with Gasteiger partial charge in [0.05, 0.1) is 19.1 Å². The summed E-state index contributed by atoms with van der Waals surface area (Å²) in [6.07, 6.45) is 1.94. The fourth-order valence-electron chi connectivity index (χ4n) is 1.94. The minimum absolute atomic E-state index is 0.0493. The van der Waals surface area contributed by atoms with Crippen LogP contribution in [0.2, 0.25) is 0 Å². The maximum Gasteiger partial charge on any atom is 0.356 e. The fourth-order valence-corrected chi connectivity index (χ4v) is 1.94. The number of hydrogen-bond acceptors (Lipinski definition) is 4. The lowest BCUT2D eigenvalue weighted by Crippen LogP contribution is -2.13. The Balaban J connectivity index is 2.32. The van der Waals surface area contributed by atoms with Crippen LogP contribution in [0.5, 0.6) is 0 Å². The molecule has 0 aliphatic heterocycles. The molecule has 0 amide bonds. The van der Waals surface area contributed by atoms with Crippen molar-refractivity contribution < 1.29 is 14.6 Å². The molecule has 1 aromatic heterocycles. The Morgan fingerprint density at radius 1 is 1.37 bits per heavy atom. The topological polar surface area (TPSA) is 64.3 Å². The van der Waals surface area contributed by atoms with Gasteiger partial charge in [-0.05, 0) is 5.56 Å². The van der Waals surface area contributed by atoms with Gasteiger partial charge in [-0.1, -0.05) is 30.3 Å². The Labute approximate surface area is 111 Å². The zero-order chi connectivity index (χ0) is 13.7. The average molecular weight is 260 g/mol. The van der Waals surface area contributed by atoms with Crippen molar-refractivity contribution in [3.8, 4) is 0 Å². The summed E-state index contributed by atoms with van der Waals surface area (Å²) in [6, 6.07) is 9.78. The van der Waals surface area contributed by atoms with Crippen LogP contribution in [-0.2, 0) is 17.7 Å². The molecule has 19 heavy (non-hydrogen) atoms. The van der Waals surface area contributed by atoms with Crippen molar-refractivity contribution in [1.29, 1.82) is 0 Å². The number of carbonyl (C=O) groups is 1. The van der Waals surface area contributed by atoms with E-state index in [4.69, 9.17) is 9.84 Å². The first kappa shape index (κ1) is 13.3. The van der Waals surface area contributed by atoms with E-state index in [1.165, 1.54) is 7.11 Å². The number of aromatic nitrogens is 2. The fraction of sp³-hybridized carbons (Fsp3) is 0.286. The van der Waals surface area contributed by atoms with Gasteiger partial charge in [0.15, 0.2) is 5.69 Å². The van der Waals surface area contributed by atoms with E-state index < -0.39 is 5.97 Å². The highest BCUT2D eigenvalue weighted by atomic mass is 16.5.